The quantitative estimate of drug-likeness (QED) is 0.728. The lowest BCUT2D eigenvalue weighted by Crippen LogP contribution is -2.45. The monoisotopic (exact) mass is 399 g/mol. The van der Waals surface area contributed by atoms with Crippen LogP contribution in [-0.4, -0.2) is 29.1 Å². The summed E-state index contributed by atoms with van der Waals surface area (Å²) in [5.41, 5.74) is -0.120. The Labute approximate surface area is 160 Å². The van der Waals surface area contributed by atoms with Crippen LogP contribution in [0.25, 0.3) is 0 Å². The standard InChI is InChI=1S/C18H20F3N3S2/c19-18(20,21)13-3-5-14(6-4-13)22-17(25)23-15-7-9-24(10-8-15)12-16-2-1-11-26-16/h1-6,11,15H,7-10,12H2,(H2,22,23,25). The molecule has 2 heterocycles. The van der Waals surface area contributed by atoms with Crippen molar-refractivity contribution in [1.82, 2.24) is 10.2 Å². The lowest BCUT2D eigenvalue weighted by molar-refractivity contribution is -0.137. The van der Waals surface area contributed by atoms with E-state index in [1.807, 2.05) is 0 Å². The topological polar surface area (TPSA) is 27.3 Å². The van der Waals surface area contributed by atoms with Crippen molar-refractivity contribution in [2.75, 3.05) is 18.4 Å². The molecule has 8 heteroatoms. The number of benzene rings is 1. The second-order valence-electron chi connectivity index (χ2n) is 6.30. The zero-order chi connectivity index (χ0) is 18.6. The average Bonchev–Trinajstić information content (AvgIpc) is 3.09. The molecule has 2 aromatic rings. The van der Waals surface area contributed by atoms with Crippen LogP contribution in [0.15, 0.2) is 41.8 Å². The fourth-order valence-electron chi connectivity index (χ4n) is 2.95. The molecule has 1 aromatic carbocycles. The molecule has 3 rings (SSSR count). The number of thiophene rings is 1. The summed E-state index contributed by atoms with van der Waals surface area (Å²) in [4.78, 5) is 3.80. The lowest BCUT2D eigenvalue weighted by atomic mass is 10.1. The highest BCUT2D eigenvalue weighted by atomic mass is 32.1. The third-order valence-corrected chi connectivity index (χ3v) is 5.43. The summed E-state index contributed by atoms with van der Waals surface area (Å²) in [6, 6.07) is 9.38. The van der Waals surface area contributed by atoms with Crippen LogP contribution in [0.1, 0.15) is 23.3 Å². The summed E-state index contributed by atoms with van der Waals surface area (Å²) in [7, 11) is 0. The van der Waals surface area contributed by atoms with E-state index < -0.39 is 11.7 Å². The van der Waals surface area contributed by atoms with Crippen LogP contribution in [0.2, 0.25) is 0 Å². The third kappa shape index (κ3) is 5.43. The summed E-state index contributed by atoms with van der Waals surface area (Å²) in [5, 5.41) is 8.76. The molecule has 0 saturated carbocycles. The maximum Gasteiger partial charge on any atom is 0.416 e. The zero-order valence-electron chi connectivity index (χ0n) is 14.1. The van der Waals surface area contributed by atoms with Crippen LogP contribution in [-0.2, 0) is 12.7 Å². The van der Waals surface area contributed by atoms with Crippen molar-refractivity contribution in [3.8, 4) is 0 Å². The van der Waals surface area contributed by atoms with Crippen molar-refractivity contribution in [1.29, 1.82) is 0 Å². The number of piperidine rings is 1. The number of alkyl halides is 3. The molecule has 1 aliphatic rings. The van der Waals surface area contributed by atoms with Gasteiger partial charge in [-0.15, -0.1) is 11.3 Å². The maximum absolute atomic E-state index is 12.6. The molecule has 1 aliphatic heterocycles. The van der Waals surface area contributed by atoms with Crippen LogP contribution in [0, 0.1) is 0 Å². The molecule has 3 nitrogen and oxygen atoms in total. The Hall–Kier alpha value is -1.64. The van der Waals surface area contributed by atoms with Gasteiger partial charge in [-0.3, -0.25) is 4.90 Å². The second-order valence-corrected chi connectivity index (χ2v) is 7.74. The molecule has 1 fully saturated rings. The maximum atomic E-state index is 12.6. The van der Waals surface area contributed by atoms with Gasteiger partial charge in [0.25, 0.3) is 0 Å². The fraction of sp³-hybridized carbons (Fsp3) is 0.389. The van der Waals surface area contributed by atoms with Crippen LogP contribution < -0.4 is 10.6 Å². The van der Waals surface area contributed by atoms with Crippen LogP contribution >= 0.6 is 23.6 Å². The summed E-state index contributed by atoms with van der Waals surface area (Å²) < 4.78 is 37.7. The Bertz CT molecular complexity index is 706. The molecule has 0 unspecified atom stereocenters. The molecule has 0 aliphatic carbocycles. The van der Waals surface area contributed by atoms with Crippen molar-refractivity contribution in [3.63, 3.8) is 0 Å². The van der Waals surface area contributed by atoms with Crippen molar-refractivity contribution in [2.45, 2.75) is 31.6 Å². The first-order chi connectivity index (χ1) is 12.4. The summed E-state index contributed by atoms with van der Waals surface area (Å²) >= 11 is 7.06. The average molecular weight is 400 g/mol. The number of likely N-dealkylation sites (tertiary alicyclic amines) is 1. The number of anilines is 1. The Morgan fingerprint density at radius 2 is 1.85 bits per heavy atom. The molecule has 140 valence electrons. The Balaban J connectivity index is 1.43. The van der Waals surface area contributed by atoms with Gasteiger partial charge in [0.05, 0.1) is 5.56 Å². The van der Waals surface area contributed by atoms with Gasteiger partial charge in [-0.2, -0.15) is 13.2 Å². The largest absolute Gasteiger partial charge is 0.416 e. The van der Waals surface area contributed by atoms with E-state index in [1.54, 1.807) is 11.3 Å². The third-order valence-electron chi connectivity index (χ3n) is 4.35. The Morgan fingerprint density at radius 3 is 2.42 bits per heavy atom. The van der Waals surface area contributed by atoms with Crippen molar-refractivity contribution < 1.29 is 13.2 Å². The van der Waals surface area contributed by atoms with Gasteiger partial charge in [-0.25, -0.2) is 0 Å². The molecular weight excluding hydrogens is 379 g/mol. The van der Waals surface area contributed by atoms with E-state index in [-0.39, 0.29) is 6.04 Å². The number of rotatable bonds is 4. The molecule has 0 atom stereocenters. The van der Waals surface area contributed by atoms with Gasteiger partial charge in [0.1, 0.15) is 0 Å². The van der Waals surface area contributed by atoms with Gasteiger partial charge in [-0.05, 0) is 60.8 Å². The van der Waals surface area contributed by atoms with Gasteiger partial charge in [0, 0.05) is 36.2 Å². The minimum absolute atomic E-state index is 0.282. The number of halogens is 3. The summed E-state index contributed by atoms with van der Waals surface area (Å²) in [5.74, 6) is 0. The Morgan fingerprint density at radius 1 is 1.15 bits per heavy atom. The highest BCUT2D eigenvalue weighted by Gasteiger charge is 2.30. The first kappa shape index (κ1) is 19.1. The van der Waals surface area contributed by atoms with E-state index in [1.165, 1.54) is 17.0 Å². The lowest BCUT2D eigenvalue weighted by Gasteiger charge is -2.32. The first-order valence-electron chi connectivity index (χ1n) is 8.40. The van der Waals surface area contributed by atoms with Crippen LogP contribution in [0.5, 0.6) is 0 Å². The van der Waals surface area contributed by atoms with Gasteiger partial charge < -0.3 is 10.6 Å². The molecule has 1 aromatic heterocycles. The smallest absolute Gasteiger partial charge is 0.360 e. The molecule has 0 amide bonds. The minimum Gasteiger partial charge on any atom is -0.360 e. The van der Waals surface area contributed by atoms with E-state index in [0.717, 1.165) is 44.6 Å². The van der Waals surface area contributed by atoms with Crippen molar-refractivity contribution >= 4 is 34.4 Å². The van der Waals surface area contributed by atoms with Crippen LogP contribution in [0.4, 0.5) is 18.9 Å². The van der Waals surface area contributed by atoms with Gasteiger partial charge in [0.15, 0.2) is 5.11 Å². The number of hydrogen-bond acceptors (Lipinski definition) is 3. The number of hydrogen-bond donors (Lipinski definition) is 2. The molecule has 2 N–H and O–H groups in total. The van der Waals surface area contributed by atoms with Gasteiger partial charge >= 0.3 is 6.18 Å². The molecule has 26 heavy (non-hydrogen) atoms. The SMILES string of the molecule is FC(F)(F)c1ccc(NC(=S)NC2CCN(Cc3cccs3)CC2)cc1. The molecule has 0 spiro atoms. The molecular formula is C18H20F3N3S2. The van der Waals surface area contributed by atoms with E-state index in [4.69, 9.17) is 12.2 Å². The van der Waals surface area contributed by atoms with Gasteiger partial charge in [-0.1, -0.05) is 6.07 Å². The Kier molecular flexibility index (Phi) is 6.16. The zero-order valence-corrected chi connectivity index (χ0v) is 15.7. The molecule has 0 radical (unpaired) electrons. The fourth-order valence-corrected chi connectivity index (χ4v) is 3.98. The first-order valence-corrected chi connectivity index (χ1v) is 9.68. The minimum atomic E-state index is -4.33. The number of nitrogens with one attached hydrogen (secondary N) is 2. The number of nitrogens with zero attached hydrogens (tertiary/aromatic N) is 1. The van der Waals surface area contributed by atoms with Crippen LogP contribution in [0.3, 0.4) is 0 Å². The van der Waals surface area contributed by atoms with E-state index in [9.17, 15) is 13.2 Å². The van der Waals surface area contributed by atoms with Crippen molar-refractivity contribution in [2.24, 2.45) is 0 Å². The predicted molar refractivity (Wildman–Crippen MR) is 103 cm³/mol. The summed E-state index contributed by atoms with van der Waals surface area (Å²) in [6.07, 6.45) is -2.35. The normalized spacial score (nSPS) is 16.4. The summed E-state index contributed by atoms with van der Waals surface area (Å²) in [6.45, 7) is 2.98. The number of thiocarbonyl (C=S) groups is 1. The van der Waals surface area contributed by atoms with E-state index >= 15 is 0 Å². The second kappa shape index (κ2) is 8.37. The predicted octanol–water partition coefficient (Wildman–Crippen LogP) is 4.72. The highest BCUT2D eigenvalue weighted by Crippen LogP contribution is 2.29. The van der Waals surface area contributed by atoms with E-state index in [0.29, 0.717) is 10.8 Å². The van der Waals surface area contributed by atoms with Gasteiger partial charge in [0.2, 0.25) is 0 Å². The molecule has 1 saturated heterocycles. The van der Waals surface area contributed by atoms with E-state index in [2.05, 4.69) is 33.0 Å². The van der Waals surface area contributed by atoms with Crippen molar-refractivity contribution in [3.05, 3.63) is 52.2 Å². The highest BCUT2D eigenvalue weighted by molar-refractivity contribution is 7.80. The molecule has 0 bridgehead atoms.